The van der Waals surface area contributed by atoms with E-state index in [-0.39, 0.29) is 5.75 Å². The van der Waals surface area contributed by atoms with E-state index in [2.05, 4.69) is 9.72 Å². The summed E-state index contributed by atoms with van der Waals surface area (Å²) in [6.07, 6.45) is -4.19. The van der Waals surface area contributed by atoms with Crippen molar-refractivity contribution in [1.82, 2.24) is 4.98 Å². The first kappa shape index (κ1) is 26.9. The van der Waals surface area contributed by atoms with Crippen molar-refractivity contribution in [3.63, 3.8) is 0 Å². The highest BCUT2D eigenvalue weighted by atomic mass is 35.5. The Balaban J connectivity index is 0.00000120. The average Bonchev–Trinajstić information content (AvgIpc) is 3.00. The number of halogens is 4. The van der Waals surface area contributed by atoms with E-state index in [4.69, 9.17) is 11.6 Å². The number of rotatable bonds is 3. The van der Waals surface area contributed by atoms with E-state index in [9.17, 15) is 13.2 Å². The minimum absolute atomic E-state index is 0.212. The van der Waals surface area contributed by atoms with Crippen LogP contribution in [-0.2, 0) is 6.42 Å². The summed E-state index contributed by atoms with van der Waals surface area (Å²) in [6.45, 7) is 13.9. The van der Waals surface area contributed by atoms with Crippen LogP contribution >= 0.6 is 11.6 Å². The number of alkyl halides is 3. The molecule has 0 fully saturated rings. The fourth-order valence-electron chi connectivity index (χ4n) is 2.65. The largest absolute Gasteiger partial charge is 0.573 e. The van der Waals surface area contributed by atoms with Gasteiger partial charge in [0.15, 0.2) is 0 Å². The van der Waals surface area contributed by atoms with E-state index in [1.54, 1.807) is 18.2 Å². The minimum atomic E-state index is -4.69. The molecule has 3 rings (SSSR count). The number of ether oxygens (including phenoxy) is 1. The summed E-state index contributed by atoms with van der Waals surface area (Å²) >= 11 is 5.98. The van der Waals surface area contributed by atoms with E-state index < -0.39 is 6.36 Å². The summed E-state index contributed by atoms with van der Waals surface area (Å²) in [5, 5.41) is 1.64. The SMILES string of the molecule is CC.CC.CC.Cc1[nH]c2cc(Cl)ccc2c1Cc1cccc(OC(F)(F)F)c1. The Hall–Kier alpha value is -2.14. The molecule has 0 aliphatic carbocycles. The van der Waals surface area contributed by atoms with Crippen molar-refractivity contribution in [1.29, 1.82) is 0 Å². The summed E-state index contributed by atoms with van der Waals surface area (Å²) in [4.78, 5) is 3.25. The lowest BCUT2D eigenvalue weighted by Gasteiger charge is -2.10. The zero-order valence-corrected chi connectivity index (χ0v) is 18.9. The summed E-state index contributed by atoms with van der Waals surface area (Å²) in [7, 11) is 0. The van der Waals surface area contributed by atoms with Crippen molar-refractivity contribution >= 4 is 22.5 Å². The second-order valence-corrected chi connectivity index (χ2v) is 5.73. The van der Waals surface area contributed by atoms with Crippen molar-refractivity contribution in [3.8, 4) is 5.75 Å². The predicted octanol–water partition coefficient (Wildman–Crippen LogP) is 8.70. The lowest BCUT2D eigenvalue weighted by Crippen LogP contribution is -2.17. The maximum atomic E-state index is 12.3. The van der Waals surface area contributed by atoms with Gasteiger partial charge in [-0.05, 0) is 48.7 Å². The second kappa shape index (κ2) is 13.2. The lowest BCUT2D eigenvalue weighted by molar-refractivity contribution is -0.274. The van der Waals surface area contributed by atoms with Gasteiger partial charge in [0.25, 0.3) is 0 Å². The van der Waals surface area contributed by atoms with Gasteiger partial charge in [0.2, 0.25) is 0 Å². The zero-order valence-electron chi connectivity index (χ0n) is 18.2. The normalized spacial score (nSPS) is 10.0. The smallest absolute Gasteiger partial charge is 0.406 e. The first-order chi connectivity index (χ1) is 13.8. The Kier molecular flexibility index (Phi) is 12.2. The molecular formula is C23H31ClF3NO. The zero-order chi connectivity index (χ0) is 22.6. The van der Waals surface area contributed by atoms with Crippen LogP contribution in [0.15, 0.2) is 42.5 Å². The first-order valence-corrected chi connectivity index (χ1v) is 10.3. The number of hydrogen-bond donors (Lipinski definition) is 1. The molecule has 0 saturated carbocycles. The highest BCUT2D eigenvalue weighted by Gasteiger charge is 2.31. The summed E-state index contributed by atoms with van der Waals surface area (Å²) in [5.41, 5.74) is 3.64. The molecule has 1 aromatic heterocycles. The van der Waals surface area contributed by atoms with Crippen LogP contribution in [0.5, 0.6) is 5.75 Å². The van der Waals surface area contributed by atoms with Crippen molar-refractivity contribution in [3.05, 3.63) is 64.3 Å². The van der Waals surface area contributed by atoms with E-state index >= 15 is 0 Å². The molecule has 0 atom stereocenters. The molecule has 3 aromatic rings. The fourth-order valence-corrected chi connectivity index (χ4v) is 2.82. The number of H-pyrrole nitrogens is 1. The number of nitrogens with one attached hydrogen (secondary N) is 1. The third-order valence-corrected chi connectivity index (χ3v) is 3.83. The maximum Gasteiger partial charge on any atom is 0.573 e. The minimum Gasteiger partial charge on any atom is -0.406 e. The number of aromatic nitrogens is 1. The van der Waals surface area contributed by atoms with Crippen molar-refractivity contribution < 1.29 is 17.9 Å². The molecule has 0 spiro atoms. The number of aromatic amines is 1. The van der Waals surface area contributed by atoms with Gasteiger partial charge in [-0.25, -0.2) is 0 Å². The summed E-state index contributed by atoms with van der Waals surface area (Å²) in [5.74, 6) is -0.212. The quantitative estimate of drug-likeness (QED) is 0.442. The molecule has 2 aromatic carbocycles. The van der Waals surface area contributed by atoms with Crippen LogP contribution in [0.2, 0.25) is 5.02 Å². The molecule has 1 N–H and O–H groups in total. The molecule has 2 nitrogen and oxygen atoms in total. The van der Waals surface area contributed by atoms with Crippen LogP contribution in [0.3, 0.4) is 0 Å². The van der Waals surface area contributed by atoms with Gasteiger partial charge in [0.05, 0.1) is 0 Å². The van der Waals surface area contributed by atoms with Crippen LogP contribution in [-0.4, -0.2) is 11.3 Å². The van der Waals surface area contributed by atoms with Crippen LogP contribution in [0.4, 0.5) is 13.2 Å². The van der Waals surface area contributed by atoms with Crippen LogP contribution in [0.25, 0.3) is 10.9 Å². The number of hydrogen-bond acceptors (Lipinski definition) is 1. The van der Waals surface area contributed by atoms with Gasteiger partial charge in [-0.3, -0.25) is 0 Å². The Morgan fingerprint density at radius 3 is 2.14 bits per heavy atom. The molecule has 0 unspecified atom stereocenters. The van der Waals surface area contributed by atoms with Gasteiger partial charge in [-0.1, -0.05) is 71.3 Å². The van der Waals surface area contributed by atoms with E-state index in [1.807, 2.05) is 60.6 Å². The monoisotopic (exact) mass is 429 g/mol. The van der Waals surface area contributed by atoms with E-state index in [1.165, 1.54) is 12.1 Å². The van der Waals surface area contributed by atoms with Crippen molar-refractivity contribution in [2.24, 2.45) is 0 Å². The molecule has 162 valence electrons. The molecular weight excluding hydrogens is 399 g/mol. The van der Waals surface area contributed by atoms with Crippen LogP contribution < -0.4 is 4.74 Å². The van der Waals surface area contributed by atoms with Crippen molar-refractivity contribution in [2.45, 2.75) is 61.2 Å². The van der Waals surface area contributed by atoms with Gasteiger partial charge < -0.3 is 9.72 Å². The molecule has 0 radical (unpaired) electrons. The number of benzene rings is 2. The van der Waals surface area contributed by atoms with Gasteiger partial charge in [0.1, 0.15) is 5.75 Å². The summed E-state index contributed by atoms with van der Waals surface area (Å²) in [6, 6.07) is 11.6. The third kappa shape index (κ3) is 8.40. The fraction of sp³-hybridized carbons (Fsp3) is 0.391. The third-order valence-electron chi connectivity index (χ3n) is 3.59. The second-order valence-electron chi connectivity index (χ2n) is 5.29. The van der Waals surface area contributed by atoms with Crippen LogP contribution in [0, 0.1) is 6.92 Å². The van der Waals surface area contributed by atoms with E-state index in [0.29, 0.717) is 11.4 Å². The van der Waals surface area contributed by atoms with Gasteiger partial charge in [-0.2, -0.15) is 0 Å². The van der Waals surface area contributed by atoms with Crippen molar-refractivity contribution in [2.75, 3.05) is 0 Å². The molecule has 1 heterocycles. The topological polar surface area (TPSA) is 25.0 Å². The molecule has 0 saturated heterocycles. The maximum absolute atomic E-state index is 12.3. The number of aryl methyl sites for hydroxylation is 1. The summed E-state index contributed by atoms with van der Waals surface area (Å²) < 4.78 is 40.9. The molecule has 6 heteroatoms. The average molecular weight is 430 g/mol. The Labute approximate surface area is 177 Å². The Morgan fingerprint density at radius 1 is 0.931 bits per heavy atom. The number of fused-ring (bicyclic) bond motifs is 1. The highest BCUT2D eigenvalue weighted by molar-refractivity contribution is 6.31. The first-order valence-electron chi connectivity index (χ1n) is 9.93. The molecule has 0 aliphatic rings. The molecule has 0 bridgehead atoms. The van der Waals surface area contributed by atoms with Crippen LogP contribution in [0.1, 0.15) is 58.4 Å². The Morgan fingerprint density at radius 2 is 1.55 bits per heavy atom. The molecule has 0 aliphatic heterocycles. The Bertz CT molecular complexity index is 857. The standard InChI is InChI=1S/C17H13ClF3NO.3C2H6/c1-10-15(14-6-5-12(18)9-16(14)22-10)8-11-3-2-4-13(7-11)23-17(19,20)21;3*1-2/h2-7,9,22H,8H2,1H3;3*1-2H3. The van der Waals surface area contributed by atoms with Gasteiger partial charge in [-0.15, -0.1) is 13.2 Å². The predicted molar refractivity (Wildman–Crippen MR) is 118 cm³/mol. The van der Waals surface area contributed by atoms with E-state index in [0.717, 1.165) is 27.7 Å². The lowest BCUT2D eigenvalue weighted by atomic mass is 10.0. The molecule has 29 heavy (non-hydrogen) atoms. The highest BCUT2D eigenvalue weighted by Crippen LogP contribution is 2.29. The van der Waals surface area contributed by atoms with Gasteiger partial charge >= 0.3 is 6.36 Å². The van der Waals surface area contributed by atoms with Gasteiger partial charge in [0, 0.05) is 21.6 Å². The molecule has 0 amide bonds.